The fourth-order valence-electron chi connectivity index (χ4n) is 2.95. The smallest absolute Gasteiger partial charge is 0.326 e. The molecular weight excluding hydrogens is 519 g/mol. The van der Waals surface area contributed by atoms with Crippen LogP contribution in [0.5, 0.6) is 0 Å². The summed E-state index contributed by atoms with van der Waals surface area (Å²) in [6, 6.07) is 17.0. The number of carbonyl (C=O) groups excluding carboxylic acids is 2. The molecule has 0 aliphatic carbocycles. The third kappa shape index (κ3) is 5.88. The molecule has 9 heteroatoms. The van der Waals surface area contributed by atoms with Gasteiger partial charge in [-0.1, -0.05) is 53.5 Å². The van der Waals surface area contributed by atoms with E-state index in [9.17, 15) is 19.5 Å². The third-order valence-corrected chi connectivity index (χ3v) is 5.88. The highest BCUT2D eigenvalue weighted by molar-refractivity contribution is 9.10. The molecule has 3 aromatic rings. The first-order valence-electron chi connectivity index (χ1n) is 9.38. The number of aliphatic carboxylic acids is 1. The van der Waals surface area contributed by atoms with E-state index in [2.05, 4.69) is 26.6 Å². The van der Waals surface area contributed by atoms with Crippen molar-refractivity contribution in [2.24, 2.45) is 0 Å². The molecule has 32 heavy (non-hydrogen) atoms. The minimum Gasteiger partial charge on any atom is -0.480 e. The number of anilines is 1. The molecule has 0 heterocycles. The van der Waals surface area contributed by atoms with Crippen LogP contribution in [0.2, 0.25) is 10.0 Å². The summed E-state index contributed by atoms with van der Waals surface area (Å²) in [5.41, 5.74) is 1.66. The van der Waals surface area contributed by atoms with Crippen molar-refractivity contribution in [1.82, 2.24) is 5.32 Å². The average Bonchev–Trinajstić information content (AvgIpc) is 2.74. The summed E-state index contributed by atoms with van der Waals surface area (Å²) in [5, 5.41) is 15.2. The summed E-state index contributed by atoms with van der Waals surface area (Å²) in [7, 11) is 0. The molecule has 3 rings (SSSR count). The fraction of sp³-hybridized carbons (Fsp3) is 0.0870. The Morgan fingerprint density at radius 1 is 0.875 bits per heavy atom. The molecule has 0 saturated heterocycles. The summed E-state index contributed by atoms with van der Waals surface area (Å²) >= 11 is 15.4. The first-order valence-corrected chi connectivity index (χ1v) is 10.9. The Balaban J connectivity index is 1.68. The average molecular weight is 536 g/mol. The van der Waals surface area contributed by atoms with Crippen LogP contribution in [-0.2, 0) is 11.2 Å². The third-order valence-electron chi connectivity index (χ3n) is 4.56. The van der Waals surface area contributed by atoms with Crippen LogP contribution in [0.1, 0.15) is 26.3 Å². The molecule has 6 nitrogen and oxygen atoms in total. The van der Waals surface area contributed by atoms with Crippen molar-refractivity contribution in [3.05, 3.63) is 97.9 Å². The summed E-state index contributed by atoms with van der Waals surface area (Å²) in [4.78, 5) is 36.6. The molecule has 0 aliphatic rings. The Hall–Kier alpha value is -2.87. The fourth-order valence-corrected chi connectivity index (χ4v) is 3.98. The van der Waals surface area contributed by atoms with E-state index in [-0.39, 0.29) is 22.0 Å². The van der Waals surface area contributed by atoms with Gasteiger partial charge in [-0.25, -0.2) is 4.79 Å². The van der Waals surface area contributed by atoms with Crippen LogP contribution in [0.15, 0.2) is 71.2 Å². The molecule has 0 radical (unpaired) electrons. The van der Waals surface area contributed by atoms with Crippen molar-refractivity contribution in [3.8, 4) is 0 Å². The normalized spacial score (nSPS) is 11.5. The van der Waals surface area contributed by atoms with E-state index in [1.165, 1.54) is 0 Å². The van der Waals surface area contributed by atoms with Gasteiger partial charge in [0.2, 0.25) is 0 Å². The minimum absolute atomic E-state index is 0.0656. The monoisotopic (exact) mass is 534 g/mol. The Kier molecular flexibility index (Phi) is 7.90. The van der Waals surface area contributed by atoms with E-state index < -0.39 is 23.8 Å². The van der Waals surface area contributed by atoms with Crippen molar-refractivity contribution in [2.45, 2.75) is 12.5 Å². The standard InChI is InChI=1S/C23H17BrCl2N2O4/c24-16-5-2-1-4-15(16)21(29)28-19(23(31)32)12-13-8-10-14(11-9-13)27-22(30)20-17(25)6-3-7-18(20)26/h1-11,19H,12H2,(H,27,30)(H,28,29)(H,31,32). The molecule has 1 unspecified atom stereocenters. The Labute approximate surface area is 202 Å². The van der Waals surface area contributed by atoms with Crippen molar-refractivity contribution in [2.75, 3.05) is 5.32 Å². The maximum absolute atomic E-state index is 12.5. The number of carboxylic acids is 1. The van der Waals surface area contributed by atoms with Crippen molar-refractivity contribution >= 4 is 62.6 Å². The highest BCUT2D eigenvalue weighted by Gasteiger charge is 2.22. The van der Waals surface area contributed by atoms with E-state index in [0.717, 1.165) is 0 Å². The van der Waals surface area contributed by atoms with Crippen LogP contribution >= 0.6 is 39.1 Å². The highest BCUT2D eigenvalue weighted by Crippen LogP contribution is 2.25. The van der Waals surface area contributed by atoms with Crippen LogP contribution in [0.3, 0.4) is 0 Å². The molecule has 0 saturated carbocycles. The van der Waals surface area contributed by atoms with Gasteiger partial charge in [0.15, 0.2) is 0 Å². The van der Waals surface area contributed by atoms with Crippen LogP contribution in [0.4, 0.5) is 5.69 Å². The quantitative estimate of drug-likeness (QED) is 0.375. The van der Waals surface area contributed by atoms with E-state index in [1.54, 1.807) is 66.7 Å². The number of hydrogen-bond acceptors (Lipinski definition) is 3. The number of hydrogen-bond donors (Lipinski definition) is 3. The number of nitrogens with one attached hydrogen (secondary N) is 2. The van der Waals surface area contributed by atoms with Gasteiger partial charge in [0, 0.05) is 16.6 Å². The van der Waals surface area contributed by atoms with Gasteiger partial charge in [0.1, 0.15) is 6.04 Å². The second-order valence-electron chi connectivity index (χ2n) is 6.80. The predicted octanol–water partition coefficient (Wildman–Crippen LogP) is 5.43. The lowest BCUT2D eigenvalue weighted by molar-refractivity contribution is -0.139. The molecule has 0 spiro atoms. The highest BCUT2D eigenvalue weighted by atomic mass is 79.9. The van der Waals surface area contributed by atoms with E-state index >= 15 is 0 Å². The summed E-state index contributed by atoms with van der Waals surface area (Å²) < 4.78 is 0.570. The maximum Gasteiger partial charge on any atom is 0.326 e. The lowest BCUT2D eigenvalue weighted by atomic mass is 10.0. The van der Waals surface area contributed by atoms with Gasteiger partial charge >= 0.3 is 5.97 Å². The topological polar surface area (TPSA) is 95.5 Å². The number of benzene rings is 3. The molecule has 1 atom stereocenters. The van der Waals surface area contributed by atoms with E-state index in [1.807, 2.05) is 0 Å². The largest absolute Gasteiger partial charge is 0.480 e. The molecule has 0 aliphatic heterocycles. The first kappa shape index (κ1) is 23.8. The predicted molar refractivity (Wildman–Crippen MR) is 128 cm³/mol. The number of amides is 2. The SMILES string of the molecule is O=C(NC(Cc1ccc(NC(=O)c2c(Cl)cccc2Cl)cc1)C(=O)O)c1ccccc1Br. The summed E-state index contributed by atoms with van der Waals surface area (Å²) in [5.74, 6) is -2.11. The second kappa shape index (κ2) is 10.6. The zero-order chi connectivity index (χ0) is 23.3. The van der Waals surface area contributed by atoms with Crippen LogP contribution < -0.4 is 10.6 Å². The molecule has 164 valence electrons. The Bertz CT molecular complexity index is 1150. The Morgan fingerprint density at radius 3 is 2.09 bits per heavy atom. The van der Waals surface area contributed by atoms with Gasteiger partial charge in [0.05, 0.1) is 21.2 Å². The van der Waals surface area contributed by atoms with Gasteiger partial charge in [0.25, 0.3) is 11.8 Å². The molecule has 3 aromatic carbocycles. The first-order chi connectivity index (χ1) is 15.3. The molecule has 0 fully saturated rings. The van der Waals surface area contributed by atoms with Crippen molar-refractivity contribution in [3.63, 3.8) is 0 Å². The van der Waals surface area contributed by atoms with Crippen LogP contribution in [0.25, 0.3) is 0 Å². The van der Waals surface area contributed by atoms with E-state index in [0.29, 0.717) is 21.3 Å². The lowest BCUT2D eigenvalue weighted by Gasteiger charge is -2.16. The van der Waals surface area contributed by atoms with Crippen LogP contribution in [0, 0.1) is 0 Å². The number of halogens is 3. The second-order valence-corrected chi connectivity index (χ2v) is 8.46. The molecule has 2 amide bonds. The molecular formula is C23H17BrCl2N2O4. The maximum atomic E-state index is 12.5. The van der Waals surface area contributed by atoms with Gasteiger partial charge in [-0.05, 0) is 57.9 Å². The minimum atomic E-state index is -1.16. The van der Waals surface area contributed by atoms with Crippen molar-refractivity contribution in [1.29, 1.82) is 0 Å². The van der Waals surface area contributed by atoms with Crippen molar-refractivity contribution < 1.29 is 19.5 Å². The van der Waals surface area contributed by atoms with Gasteiger partial charge < -0.3 is 15.7 Å². The molecule has 0 bridgehead atoms. The van der Waals surface area contributed by atoms with Crippen LogP contribution in [-0.4, -0.2) is 28.9 Å². The Morgan fingerprint density at radius 2 is 1.50 bits per heavy atom. The number of carboxylic acid groups (broad SMARTS) is 1. The zero-order valence-electron chi connectivity index (χ0n) is 16.4. The van der Waals surface area contributed by atoms with E-state index in [4.69, 9.17) is 23.2 Å². The van der Waals surface area contributed by atoms with Gasteiger partial charge in [-0.3, -0.25) is 9.59 Å². The number of rotatable bonds is 7. The zero-order valence-corrected chi connectivity index (χ0v) is 19.5. The molecule has 0 aromatic heterocycles. The lowest BCUT2D eigenvalue weighted by Crippen LogP contribution is -2.42. The number of carbonyl (C=O) groups is 3. The summed E-state index contributed by atoms with van der Waals surface area (Å²) in [6.45, 7) is 0. The van der Waals surface area contributed by atoms with Gasteiger partial charge in [-0.2, -0.15) is 0 Å². The summed E-state index contributed by atoms with van der Waals surface area (Å²) in [6.07, 6.45) is 0.0656. The van der Waals surface area contributed by atoms with Gasteiger partial charge in [-0.15, -0.1) is 0 Å². The molecule has 3 N–H and O–H groups in total.